The van der Waals surface area contributed by atoms with Gasteiger partial charge in [-0.3, -0.25) is 10.1 Å². The van der Waals surface area contributed by atoms with Gasteiger partial charge in [-0.15, -0.1) is 10.2 Å². The number of anilines is 1. The molecular formula is C12H20N4O3S. The molecule has 0 saturated heterocycles. The predicted molar refractivity (Wildman–Crippen MR) is 77.0 cm³/mol. The highest BCUT2D eigenvalue weighted by atomic mass is 32.1. The lowest BCUT2D eigenvalue weighted by atomic mass is 10.0. The number of hydrogen-bond donors (Lipinski definition) is 3. The molecule has 1 aromatic heterocycles. The maximum atomic E-state index is 11.6. The van der Waals surface area contributed by atoms with Crippen LogP contribution in [-0.2, 0) is 11.2 Å². The molecule has 0 aliphatic heterocycles. The molecule has 20 heavy (non-hydrogen) atoms. The van der Waals surface area contributed by atoms with Gasteiger partial charge in [-0.2, -0.15) is 0 Å². The molecule has 0 bridgehead atoms. The van der Waals surface area contributed by atoms with E-state index in [0.29, 0.717) is 18.1 Å². The molecule has 0 radical (unpaired) electrons. The van der Waals surface area contributed by atoms with Gasteiger partial charge in [0, 0.05) is 13.0 Å². The third kappa shape index (κ3) is 6.46. The lowest BCUT2D eigenvalue weighted by Gasteiger charge is -2.10. The van der Waals surface area contributed by atoms with Crippen LogP contribution in [0.1, 0.15) is 38.1 Å². The Morgan fingerprint density at radius 3 is 2.70 bits per heavy atom. The van der Waals surface area contributed by atoms with Crippen molar-refractivity contribution in [1.82, 2.24) is 15.5 Å². The van der Waals surface area contributed by atoms with E-state index in [0.717, 1.165) is 17.8 Å². The topological polar surface area (TPSA) is 104 Å². The predicted octanol–water partition coefficient (Wildman–Crippen LogP) is 2.11. The molecule has 0 spiro atoms. The summed E-state index contributed by atoms with van der Waals surface area (Å²) in [6.07, 6.45) is 2.33. The quantitative estimate of drug-likeness (QED) is 0.682. The van der Waals surface area contributed by atoms with Gasteiger partial charge in [0.25, 0.3) is 0 Å². The van der Waals surface area contributed by atoms with Crippen molar-refractivity contribution in [2.45, 2.75) is 39.5 Å². The average molecular weight is 300 g/mol. The lowest BCUT2D eigenvalue weighted by molar-refractivity contribution is -0.137. The first kappa shape index (κ1) is 16.4. The van der Waals surface area contributed by atoms with Crippen molar-refractivity contribution >= 4 is 28.5 Å². The second kappa shape index (κ2) is 8.47. The van der Waals surface area contributed by atoms with Gasteiger partial charge >= 0.3 is 12.0 Å². The van der Waals surface area contributed by atoms with Gasteiger partial charge in [0.05, 0.1) is 0 Å². The SMILES string of the molecule is CCc1nnc(NC(=O)NCCC(C)CCC(=O)O)s1. The molecule has 2 amide bonds. The van der Waals surface area contributed by atoms with E-state index in [9.17, 15) is 9.59 Å². The number of rotatable bonds is 8. The molecule has 112 valence electrons. The number of aliphatic carboxylic acids is 1. The van der Waals surface area contributed by atoms with Crippen LogP contribution in [0.25, 0.3) is 0 Å². The summed E-state index contributed by atoms with van der Waals surface area (Å²) in [5.41, 5.74) is 0. The molecule has 0 aliphatic rings. The van der Waals surface area contributed by atoms with Gasteiger partial charge in [-0.1, -0.05) is 25.2 Å². The summed E-state index contributed by atoms with van der Waals surface area (Å²) in [5, 5.41) is 23.0. The zero-order valence-corrected chi connectivity index (χ0v) is 12.5. The van der Waals surface area contributed by atoms with Crippen LogP contribution in [-0.4, -0.2) is 33.8 Å². The summed E-state index contributed by atoms with van der Waals surface area (Å²) < 4.78 is 0. The van der Waals surface area contributed by atoms with Crippen LogP contribution in [0.4, 0.5) is 9.93 Å². The fourth-order valence-corrected chi connectivity index (χ4v) is 2.21. The van der Waals surface area contributed by atoms with E-state index >= 15 is 0 Å². The molecule has 1 unspecified atom stereocenters. The fraction of sp³-hybridized carbons (Fsp3) is 0.667. The number of aryl methyl sites for hydroxylation is 1. The first-order valence-corrected chi connectivity index (χ1v) is 7.42. The number of hydrogen-bond acceptors (Lipinski definition) is 5. The zero-order valence-electron chi connectivity index (χ0n) is 11.7. The number of nitrogens with one attached hydrogen (secondary N) is 2. The molecule has 1 aromatic rings. The summed E-state index contributed by atoms with van der Waals surface area (Å²) >= 11 is 1.35. The van der Waals surface area contributed by atoms with Crippen molar-refractivity contribution in [2.24, 2.45) is 5.92 Å². The minimum absolute atomic E-state index is 0.165. The van der Waals surface area contributed by atoms with E-state index in [2.05, 4.69) is 20.8 Å². The Labute approximate surface area is 121 Å². The molecule has 0 aromatic carbocycles. The number of amides is 2. The highest BCUT2D eigenvalue weighted by Crippen LogP contribution is 2.15. The maximum Gasteiger partial charge on any atom is 0.321 e. The lowest BCUT2D eigenvalue weighted by Crippen LogP contribution is -2.30. The minimum atomic E-state index is -0.787. The van der Waals surface area contributed by atoms with Gasteiger partial charge < -0.3 is 10.4 Å². The fourth-order valence-electron chi connectivity index (χ4n) is 1.53. The van der Waals surface area contributed by atoms with Crippen LogP contribution in [0, 0.1) is 5.92 Å². The van der Waals surface area contributed by atoms with E-state index in [1.54, 1.807) is 0 Å². The smallest absolute Gasteiger partial charge is 0.321 e. The minimum Gasteiger partial charge on any atom is -0.481 e. The number of carbonyl (C=O) groups is 2. The third-order valence-corrected chi connectivity index (χ3v) is 3.75. The molecule has 0 aliphatic carbocycles. The molecule has 3 N–H and O–H groups in total. The summed E-state index contributed by atoms with van der Waals surface area (Å²) in [5.74, 6) is -0.523. The molecule has 1 rings (SSSR count). The Morgan fingerprint density at radius 2 is 2.10 bits per heavy atom. The van der Waals surface area contributed by atoms with Crippen molar-refractivity contribution in [2.75, 3.05) is 11.9 Å². The third-order valence-electron chi connectivity index (χ3n) is 2.76. The number of carboxylic acid groups (broad SMARTS) is 1. The molecule has 8 heteroatoms. The number of carbonyl (C=O) groups excluding carboxylic acids is 1. The highest BCUT2D eigenvalue weighted by Gasteiger charge is 2.08. The Balaban J connectivity index is 2.18. The van der Waals surface area contributed by atoms with Crippen LogP contribution in [0.15, 0.2) is 0 Å². The van der Waals surface area contributed by atoms with Gasteiger partial charge in [0.2, 0.25) is 5.13 Å². The van der Waals surface area contributed by atoms with Crippen molar-refractivity contribution in [3.63, 3.8) is 0 Å². The second-order valence-electron chi connectivity index (χ2n) is 4.56. The molecular weight excluding hydrogens is 280 g/mol. The van der Waals surface area contributed by atoms with Gasteiger partial charge in [0.15, 0.2) is 0 Å². The molecule has 1 heterocycles. The monoisotopic (exact) mass is 300 g/mol. The first-order chi connectivity index (χ1) is 9.51. The van der Waals surface area contributed by atoms with E-state index in [-0.39, 0.29) is 18.4 Å². The average Bonchev–Trinajstić information content (AvgIpc) is 2.84. The van der Waals surface area contributed by atoms with Crippen molar-refractivity contribution in [1.29, 1.82) is 0 Å². The number of carboxylic acids is 1. The molecule has 1 atom stereocenters. The largest absolute Gasteiger partial charge is 0.481 e. The Hall–Kier alpha value is -1.70. The van der Waals surface area contributed by atoms with E-state index < -0.39 is 5.97 Å². The Morgan fingerprint density at radius 1 is 1.35 bits per heavy atom. The van der Waals surface area contributed by atoms with Crippen LogP contribution in [0.5, 0.6) is 0 Å². The number of urea groups is 1. The van der Waals surface area contributed by atoms with Crippen LogP contribution in [0.2, 0.25) is 0 Å². The van der Waals surface area contributed by atoms with Crippen LogP contribution >= 0.6 is 11.3 Å². The number of aromatic nitrogens is 2. The maximum absolute atomic E-state index is 11.6. The van der Waals surface area contributed by atoms with Gasteiger partial charge in [-0.25, -0.2) is 4.79 Å². The van der Waals surface area contributed by atoms with E-state index in [1.807, 2.05) is 13.8 Å². The van der Waals surface area contributed by atoms with Crippen LogP contribution in [0.3, 0.4) is 0 Å². The summed E-state index contributed by atoms with van der Waals surface area (Å²) in [4.78, 5) is 22.0. The summed E-state index contributed by atoms with van der Waals surface area (Å²) in [7, 11) is 0. The van der Waals surface area contributed by atoms with Crippen LogP contribution < -0.4 is 10.6 Å². The van der Waals surface area contributed by atoms with E-state index in [4.69, 9.17) is 5.11 Å². The molecule has 0 fully saturated rings. The Bertz CT molecular complexity index is 450. The van der Waals surface area contributed by atoms with Crippen molar-refractivity contribution in [3.05, 3.63) is 5.01 Å². The Kier molecular flexibility index (Phi) is 6.92. The normalized spacial score (nSPS) is 11.9. The molecule has 0 saturated carbocycles. The van der Waals surface area contributed by atoms with Crippen molar-refractivity contribution in [3.8, 4) is 0 Å². The first-order valence-electron chi connectivity index (χ1n) is 6.60. The summed E-state index contributed by atoms with van der Waals surface area (Å²) in [6.45, 7) is 4.45. The van der Waals surface area contributed by atoms with Crippen molar-refractivity contribution < 1.29 is 14.7 Å². The second-order valence-corrected chi connectivity index (χ2v) is 5.62. The standard InChI is InChI=1S/C12H20N4O3S/c1-3-9-15-16-12(20-9)14-11(19)13-7-6-8(2)4-5-10(17)18/h8H,3-7H2,1-2H3,(H,17,18)(H2,13,14,16,19). The summed E-state index contributed by atoms with van der Waals surface area (Å²) in [6, 6.07) is -0.311. The zero-order chi connectivity index (χ0) is 15.0. The highest BCUT2D eigenvalue weighted by molar-refractivity contribution is 7.15. The number of nitrogens with zero attached hydrogens (tertiary/aromatic N) is 2. The van der Waals surface area contributed by atoms with E-state index in [1.165, 1.54) is 11.3 Å². The molecule has 7 nitrogen and oxygen atoms in total. The van der Waals surface area contributed by atoms with Gasteiger partial charge in [0.1, 0.15) is 5.01 Å². The van der Waals surface area contributed by atoms with Gasteiger partial charge in [-0.05, 0) is 25.2 Å².